The van der Waals surface area contributed by atoms with E-state index in [1.54, 1.807) is 68.6 Å². The minimum Gasteiger partial charge on any atom is -0.497 e. The summed E-state index contributed by atoms with van der Waals surface area (Å²) in [6.45, 7) is 4.98. The molecule has 41 heavy (non-hydrogen) atoms. The van der Waals surface area contributed by atoms with Gasteiger partial charge in [0.15, 0.2) is 5.58 Å². The number of carbonyl (C=O) groups is 3. The zero-order chi connectivity index (χ0) is 29.5. The van der Waals surface area contributed by atoms with E-state index in [2.05, 4.69) is 15.3 Å². The molecule has 1 N–H and O–H groups in total. The molecule has 0 unspecified atom stereocenters. The van der Waals surface area contributed by atoms with E-state index >= 15 is 0 Å². The number of methoxy groups -OCH3 is 2. The average Bonchev–Trinajstić information content (AvgIpc) is 2.97. The van der Waals surface area contributed by atoms with Gasteiger partial charge in [0.05, 0.1) is 43.5 Å². The molecule has 4 aromatic rings. The fraction of sp³-hybridized carbons (Fsp3) is 0.233. The quantitative estimate of drug-likeness (QED) is 0.284. The first kappa shape index (κ1) is 28.8. The van der Waals surface area contributed by atoms with Gasteiger partial charge >= 0.3 is 11.9 Å². The second kappa shape index (κ2) is 12.8. The molecule has 0 bridgehead atoms. The second-order valence-corrected chi connectivity index (χ2v) is 8.76. The van der Waals surface area contributed by atoms with E-state index in [1.807, 2.05) is 0 Å². The van der Waals surface area contributed by atoms with E-state index in [9.17, 15) is 14.4 Å². The summed E-state index contributed by atoms with van der Waals surface area (Å²) in [7, 11) is 3.01. The van der Waals surface area contributed by atoms with Crippen molar-refractivity contribution < 1.29 is 37.7 Å². The van der Waals surface area contributed by atoms with Crippen LogP contribution in [0.2, 0.25) is 0 Å². The maximum atomic E-state index is 13.7. The number of hydrogen-bond acceptors (Lipinski definition) is 10. The highest BCUT2D eigenvalue weighted by atomic mass is 16.5. The number of rotatable bonds is 9. The highest BCUT2D eigenvalue weighted by molar-refractivity contribution is 6.06. The lowest BCUT2D eigenvalue weighted by molar-refractivity contribution is -0.142. The Balaban J connectivity index is 1.86. The van der Waals surface area contributed by atoms with Crippen molar-refractivity contribution >= 4 is 40.2 Å². The number of benzene rings is 2. The number of esters is 2. The number of pyridine rings is 1. The van der Waals surface area contributed by atoms with E-state index in [0.29, 0.717) is 50.7 Å². The molecule has 0 aliphatic carbocycles. The number of fused-ring (bicyclic) bond motifs is 1. The summed E-state index contributed by atoms with van der Waals surface area (Å²) in [5, 5.41) is 3.37. The van der Waals surface area contributed by atoms with Crippen LogP contribution in [0.15, 0.2) is 64.1 Å². The number of aromatic nitrogens is 1. The number of amides is 1. The van der Waals surface area contributed by atoms with Crippen molar-refractivity contribution in [3.05, 3.63) is 82.7 Å². The summed E-state index contributed by atoms with van der Waals surface area (Å²) in [6.07, 6.45) is 1.56. The van der Waals surface area contributed by atoms with Gasteiger partial charge in [-0.05, 0) is 56.3 Å². The maximum absolute atomic E-state index is 13.7. The first-order valence-electron chi connectivity index (χ1n) is 12.6. The molecule has 0 spiro atoms. The first-order valence-corrected chi connectivity index (χ1v) is 12.6. The molecule has 0 radical (unpaired) electrons. The molecule has 2 aromatic carbocycles. The predicted octanol–water partition coefficient (Wildman–Crippen LogP) is 4.88. The molecule has 2 aromatic heterocycles. The summed E-state index contributed by atoms with van der Waals surface area (Å²) in [5.74, 6) is -0.503. The lowest BCUT2D eigenvalue weighted by atomic mass is 10.1. The number of nitrogens with one attached hydrogen (secondary N) is 1. The van der Waals surface area contributed by atoms with Gasteiger partial charge in [-0.15, -0.1) is 0 Å². The van der Waals surface area contributed by atoms with E-state index in [4.69, 9.17) is 23.4 Å². The van der Waals surface area contributed by atoms with Gasteiger partial charge < -0.3 is 28.7 Å². The summed E-state index contributed by atoms with van der Waals surface area (Å²) in [4.78, 5) is 46.1. The Morgan fingerprint density at radius 3 is 2.41 bits per heavy atom. The highest BCUT2D eigenvalue weighted by Crippen LogP contribution is 2.30. The predicted molar refractivity (Wildman–Crippen MR) is 149 cm³/mol. The third-order valence-electron chi connectivity index (χ3n) is 5.99. The SMILES string of the molecule is CCOC(=O)c1ccc(N=c2oc3c(C)ncc(COC(C)=O)c3cc2C(=O)Nc2ccc(OC)cc2OC)cc1. The molecule has 0 saturated heterocycles. The molecule has 1 amide bonds. The van der Waals surface area contributed by atoms with Crippen molar-refractivity contribution in [2.45, 2.75) is 27.4 Å². The van der Waals surface area contributed by atoms with Crippen molar-refractivity contribution in [2.75, 3.05) is 26.1 Å². The summed E-state index contributed by atoms with van der Waals surface area (Å²) < 4.78 is 27.1. The van der Waals surface area contributed by atoms with Gasteiger partial charge in [0.2, 0.25) is 5.55 Å². The normalized spacial score (nSPS) is 11.2. The minimum atomic E-state index is -0.533. The summed E-state index contributed by atoms with van der Waals surface area (Å²) in [6, 6.07) is 13.0. The summed E-state index contributed by atoms with van der Waals surface area (Å²) >= 11 is 0. The minimum absolute atomic E-state index is 0.000833. The van der Waals surface area contributed by atoms with Crippen LogP contribution >= 0.6 is 0 Å². The Bertz CT molecular complexity index is 1680. The molecule has 11 nitrogen and oxygen atoms in total. The van der Waals surface area contributed by atoms with Crippen LogP contribution in [0.3, 0.4) is 0 Å². The van der Waals surface area contributed by atoms with Crippen molar-refractivity contribution in [3.63, 3.8) is 0 Å². The fourth-order valence-electron chi connectivity index (χ4n) is 3.92. The van der Waals surface area contributed by atoms with Crippen LogP contribution in [0.25, 0.3) is 11.0 Å². The molecule has 212 valence electrons. The van der Waals surface area contributed by atoms with Crippen LogP contribution in [0.4, 0.5) is 11.4 Å². The Hall–Kier alpha value is -5.19. The third kappa shape index (κ3) is 6.70. The standard InChI is InChI=1S/C30H29N3O8/c1-6-39-30(36)19-7-9-21(10-8-19)32-29-24(28(35)33-25-12-11-22(37-4)13-26(25)38-5)14-23-20(16-40-18(3)34)15-31-17(2)27(23)41-29/h7-15H,6,16H2,1-5H3,(H,33,35). The van der Waals surface area contributed by atoms with Gasteiger partial charge in [0, 0.05) is 30.1 Å². The van der Waals surface area contributed by atoms with E-state index < -0.39 is 17.8 Å². The van der Waals surface area contributed by atoms with Crippen LogP contribution in [0, 0.1) is 6.92 Å². The summed E-state index contributed by atoms with van der Waals surface area (Å²) in [5.41, 5.74) is 2.75. The fourth-order valence-corrected chi connectivity index (χ4v) is 3.92. The molecule has 0 aliphatic heterocycles. The zero-order valence-electron chi connectivity index (χ0n) is 23.3. The topological polar surface area (TPSA) is 139 Å². The molecule has 0 atom stereocenters. The zero-order valence-corrected chi connectivity index (χ0v) is 23.3. The van der Waals surface area contributed by atoms with Gasteiger partial charge in [-0.2, -0.15) is 0 Å². The molecular formula is C30H29N3O8. The number of carbonyl (C=O) groups excluding carboxylic acids is 3. The van der Waals surface area contributed by atoms with Gasteiger partial charge in [-0.1, -0.05) is 0 Å². The van der Waals surface area contributed by atoms with Gasteiger partial charge in [0.25, 0.3) is 5.91 Å². The van der Waals surface area contributed by atoms with Crippen molar-refractivity contribution in [1.29, 1.82) is 0 Å². The smallest absolute Gasteiger partial charge is 0.338 e. The van der Waals surface area contributed by atoms with E-state index in [-0.39, 0.29) is 24.3 Å². The van der Waals surface area contributed by atoms with Crippen LogP contribution in [0.1, 0.15) is 45.8 Å². The van der Waals surface area contributed by atoms with E-state index in [1.165, 1.54) is 21.1 Å². The van der Waals surface area contributed by atoms with Crippen molar-refractivity contribution in [3.8, 4) is 11.5 Å². The van der Waals surface area contributed by atoms with Gasteiger partial charge in [0.1, 0.15) is 23.7 Å². The number of ether oxygens (including phenoxy) is 4. The van der Waals surface area contributed by atoms with Crippen LogP contribution < -0.4 is 20.3 Å². The number of anilines is 1. The third-order valence-corrected chi connectivity index (χ3v) is 5.99. The highest BCUT2D eigenvalue weighted by Gasteiger charge is 2.19. The van der Waals surface area contributed by atoms with Crippen LogP contribution in [-0.4, -0.2) is 43.7 Å². The van der Waals surface area contributed by atoms with Crippen molar-refractivity contribution in [1.82, 2.24) is 4.98 Å². The molecular weight excluding hydrogens is 530 g/mol. The first-order chi connectivity index (χ1) is 19.7. The number of hydrogen-bond donors (Lipinski definition) is 1. The Morgan fingerprint density at radius 1 is 1.00 bits per heavy atom. The van der Waals surface area contributed by atoms with E-state index in [0.717, 1.165) is 0 Å². The Morgan fingerprint density at radius 2 is 1.76 bits per heavy atom. The lowest BCUT2D eigenvalue weighted by Crippen LogP contribution is -2.22. The molecule has 0 saturated carbocycles. The van der Waals surface area contributed by atoms with Gasteiger partial charge in [-0.25, -0.2) is 9.79 Å². The molecule has 4 rings (SSSR count). The Labute approximate surface area is 235 Å². The molecule has 0 aliphatic rings. The lowest BCUT2D eigenvalue weighted by Gasteiger charge is -2.13. The second-order valence-electron chi connectivity index (χ2n) is 8.76. The monoisotopic (exact) mass is 559 g/mol. The average molecular weight is 560 g/mol. The van der Waals surface area contributed by atoms with Crippen LogP contribution in [-0.2, 0) is 20.9 Å². The van der Waals surface area contributed by atoms with Gasteiger partial charge in [-0.3, -0.25) is 14.6 Å². The number of aryl methyl sites for hydroxylation is 1. The molecule has 0 fully saturated rings. The largest absolute Gasteiger partial charge is 0.497 e. The van der Waals surface area contributed by atoms with Crippen LogP contribution in [0.5, 0.6) is 11.5 Å². The molecule has 11 heteroatoms. The van der Waals surface area contributed by atoms with Crippen molar-refractivity contribution in [2.24, 2.45) is 4.99 Å². The Kier molecular flexibility index (Phi) is 8.98. The maximum Gasteiger partial charge on any atom is 0.338 e. The number of nitrogens with zero attached hydrogens (tertiary/aromatic N) is 2. The molecule has 2 heterocycles.